The first kappa shape index (κ1) is 16.8. The number of amides is 2. The molecule has 0 spiro atoms. The van der Waals surface area contributed by atoms with Gasteiger partial charge in [0.1, 0.15) is 0 Å². The monoisotopic (exact) mass is 323 g/mol. The van der Waals surface area contributed by atoms with Gasteiger partial charge in [0.05, 0.1) is 6.54 Å². The second-order valence-electron chi connectivity index (χ2n) is 5.68. The van der Waals surface area contributed by atoms with Crippen molar-refractivity contribution in [3.63, 3.8) is 0 Å². The van der Waals surface area contributed by atoms with Gasteiger partial charge < -0.3 is 16.0 Å². The fourth-order valence-electron chi connectivity index (χ4n) is 2.70. The molecule has 1 atom stereocenters. The Kier molecular flexibility index (Phi) is 5.80. The van der Waals surface area contributed by atoms with Gasteiger partial charge in [0, 0.05) is 30.1 Å². The van der Waals surface area contributed by atoms with E-state index < -0.39 is 0 Å². The summed E-state index contributed by atoms with van der Waals surface area (Å²) in [6.45, 7) is 3.42. The molecule has 0 aromatic heterocycles. The van der Waals surface area contributed by atoms with E-state index in [1.54, 1.807) is 4.90 Å². The molecule has 1 heterocycles. The van der Waals surface area contributed by atoms with E-state index in [1.807, 2.05) is 31.2 Å². The van der Waals surface area contributed by atoms with Crippen LogP contribution in [-0.2, 0) is 9.59 Å². The number of hydrogen-bond acceptors (Lipinski definition) is 3. The summed E-state index contributed by atoms with van der Waals surface area (Å²) < 4.78 is 0. The number of nitrogens with two attached hydrogens (primary N) is 1. The number of rotatable bonds is 5. The summed E-state index contributed by atoms with van der Waals surface area (Å²) in [5, 5.41) is 3.90. The van der Waals surface area contributed by atoms with Crippen LogP contribution in [0.2, 0.25) is 5.02 Å². The number of carbonyl (C=O) groups excluding carboxylic acids is 2. The molecule has 0 aliphatic carbocycles. The van der Waals surface area contributed by atoms with Crippen LogP contribution in [0.15, 0.2) is 24.3 Å². The number of likely N-dealkylation sites (tertiary alicyclic amines) is 1. The Bertz CT molecular complexity index is 542. The van der Waals surface area contributed by atoms with Gasteiger partial charge in [-0.1, -0.05) is 29.8 Å². The lowest BCUT2D eigenvalue weighted by atomic mass is 9.96. The lowest BCUT2D eigenvalue weighted by Crippen LogP contribution is -2.45. The Morgan fingerprint density at radius 3 is 2.59 bits per heavy atom. The molecule has 1 fully saturated rings. The average Bonchev–Trinajstić information content (AvgIpc) is 2.52. The van der Waals surface area contributed by atoms with Crippen LogP contribution in [0.5, 0.6) is 0 Å². The molecule has 1 aliphatic rings. The van der Waals surface area contributed by atoms with Crippen molar-refractivity contribution in [2.24, 2.45) is 11.7 Å². The number of piperidine rings is 1. The van der Waals surface area contributed by atoms with Gasteiger partial charge in [-0.2, -0.15) is 0 Å². The Morgan fingerprint density at radius 2 is 2.00 bits per heavy atom. The van der Waals surface area contributed by atoms with Gasteiger partial charge in [-0.25, -0.2) is 0 Å². The molecule has 1 aliphatic heterocycles. The Hall–Kier alpha value is -1.59. The highest BCUT2D eigenvalue weighted by Gasteiger charge is 2.25. The zero-order chi connectivity index (χ0) is 16.1. The minimum Gasteiger partial charge on any atom is -0.369 e. The summed E-state index contributed by atoms with van der Waals surface area (Å²) in [4.78, 5) is 25.1. The van der Waals surface area contributed by atoms with Gasteiger partial charge >= 0.3 is 0 Å². The lowest BCUT2D eigenvalue weighted by Gasteiger charge is -2.31. The van der Waals surface area contributed by atoms with E-state index in [4.69, 9.17) is 17.3 Å². The zero-order valence-corrected chi connectivity index (χ0v) is 13.5. The average molecular weight is 324 g/mol. The molecular formula is C16H22ClN3O2. The third-order valence-corrected chi connectivity index (χ3v) is 4.53. The molecule has 1 aromatic rings. The minimum atomic E-state index is -0.266. The quantitative estimate of drug-likeness (QED) is 0.866. The van der Waals surface area contributed by atoms with E-state index in [9.17, 15) is 9.59 Å². The van der Waals surface area contributed by atoms with E-state index in [-0.39, 0.29) is 30.3 Å². The predicted octanol–water partition coefficient (Wildman–Crippen LogP) is 1.71. The third-order valence-electron chi connectivity index (χ3n) is 4.18. The molecule has 1 aromatic carbocycles. The van der Waals surface area contributed by atoms with Gasteiger partial charge in [0.2, 0.25) is 11.8 Å². The van der Waals surface area contributed by atoms with Gasteiger partial charge in [-0.15, -0.1) is 0 Å². The van der Waals surface area contributed by atoms with Gasteiger partial charge in [0.15, 0.2) is 0 Å². The number of halogens is 1. The first-order chi connectivity index (χ1) is 10.5. The maximum atomic E-state index is 12.2. The first-order valence-corrected chi connectivity index (χ1v) is 7.91. The van der Waals surface area contributed by atoms with E-state index in [1.165, 1.54) is 0 Å². The van der Waals surface area contributed by atoms with Crippen molar-refractivity contribution in [3.05, 3.63) is 34.9 Å². The Morgan fingerprint density at radius 1 is 1.36 bits per heavy atom. The highest BCUT2D eigenvalue weighted by molar-refractivity contribution is 6.31. The molecule has 1 unspecified atom stereocenters. The molecule has 1 saturated heterocycles. The Balaban J connectivity index is 1.81. The number of hydrogen-bond donors (Lipinski definition) is 2. The summed E-state index contributed by atoms with van der Waals surface area (Å²) in [5.41, 5.74) is 6.27. The first-order valence-electron chi connectivity index (χ1n) is 7.54. The van der Waals surface area contributed by atoms with Crippen LogP contribution in [0.25, 0.3) is 0 Å². The second kappa shape index (κ2) is 7.61. The minimum absolute atomic E-state index is 0.000749. The molecule has 2 amide bonds. The summed E-state index contributed by atoms with van der Waals surface area (Å²) in [7, 11) is 0. The molecule has 5 nitrogen and oxygen atoms in total. The number of nitrogens with zero attached hydrogens (tertiary/aromatic N) is 1. The van der Waals surface area contributed by atoms with Crippen LogP contribution in [0.1, 0.15) is 31.4 Å². The second-order valence-corrected chi connectivity index (χ2v) is 6.09. The number of benzene rings is 1. The highest BCUT2D eigenvalue weighted by atomic mass is 35.5. The normalized spacial score (nSPS) is 17.3. The van der Waals surface area contributed by atoms with Crippen LogP contribution in [0.3, 0.4) is 0 Å². The SMILES string of the molecule is CC(NCC(=O)N1CCC(C(N)=O)CC1)c1ccccc1Cl. The van der Waals surface area contributed by atoms with E-state index in [2.05, 4.69) is 5.32 Å². The standard InChI is InChI=1S/C16H22ClN3O2/c1-11(13-4-2-3-5-14(13)17)19-10-15(21)20-8-6-12(7-9-20)16(18)22/h2-5,11-12,19H,6-10H2,1H3,(H2,18,22). The molecule has 0 saturated carbocycles. The molecule has 0 bridgehead atoms. The number of primary amides is 1. The van der Waals surface area contributed by atoms with Crippen LogP contribution >= 0.6 is 11.6 Å². The third kappa shape index (κ3) is 4.21. The molecule has 6 heteroatoms. The van der Waals surface area contributed by atoms with Crippen molar-refractivity contribution in [1.82, 2.24) is 10.2 Å². The van der Waals surface area contributed by atoms with Crippen LogP contribution in [-0.4, -0.2) is 36.3 Å². The fraction of sp³-hybridized carbons (Fsp3) is 0.500. The summed E-state index contributed by atoms with van der Waals surface area (Å²) in [6.07, 6.45) is 1.31. The molecule has 0 radical (unpaired) electrons. The van der Waals surface area contributed by atoms with Crippen molar-refractivity contribution in [3.8, 4) is 0 Å². The van der Waals surface area contributed by atoms with Gasteiger partial charge in [0.25, 0.3) is 0 Å². The molecular weight excluding hydrogens is 302 g/mol. The van der Waals surface area contributed by atoms with Crippen molar-refractivity contribution in [2.45, 2.75) is 25.8 Å². The number of nitrogens with one attached hydrogen (secondary N) is 1. The molecule has 2 rings (SSSR count). The zero-order valence-electron chi connectivity index (χ0n) is 12.7. The van der Waals surface area contributed by atoms with E-state index in [0.29, 0.717) is 31.0 Å². The lowest BCUT2D eigenvalue weighted by molar-refractivity contribution is -0.134. The van der Waals surface area contributed by atoms with Crippen LogP contribution < -0.4 is 11.1 Å². The maximum Gasteiger partial charge on any atom is 0.236 e. The van der Waals surface area contributed by atoms with Crippen molar-refractivity contribution in [1.29, 1.82) is 0 Å². The maximum absolute atomic E-state index is 12.2. The van der Waals surface area contributed by atoms with Crippen molar-refractivity contribution < 1.29 is 9.59 Å². The topological polar surface area (TPSA) is 75.4 Å². The van der Waals surface area contributed by atoms with Gasteiger partial charge in [-0.3, -0.25) is 9.59 Å². The fourth-order valence-corrected chi connectivity index (χ4v) is 3.00. The molecule has 3 N–H and O–H groups in total. The summed E-state index contributed by atoms with van der Waals surface area (Å²) >= 11 is 6.15. The van der Waals surface area contributed by atoms with Crippen molar-refractivity contribution >= 4 is 23.4 Å². The largest absolute Gasteiger partial charge is 0.369 e. The number of carbonyl (C=O) groups is 2. The van der Waals surface area contributed by atoms with Crippen LogP contribution in [0, 0.1) is 5.92 Å². The highest BCUT2D eigenvalue weighted by Crippen LogP contribution is 2.22. The van der Waals surface area contributed by atoms with E-state index >= 15 is 0 Å². The van der Waals surface area contributed by atoms with E-state index in [0.717, 1.165) is 5.56 Å². The molecule has 120 valence electrons. The van der Waals surface area contributed by atoms with Crippen molar-refractivity contribution in [2.75, 3.05) is 19.6 Å². The van der Waals surface area contributed by atoms with Gasteiger partial charge in [-0.05, 0) is 31.4 Å². The summed E-state index contributed by atoms with van der Waals surface area (Å²) in [5.74, 6) is -0.321. The molecule has 22 heavy (non-hydrogen) atoms. The Labute approximate surface area is 135 Å². The predicted molar refractivity (Wildman–Crippen MR) is 86.4 cm³/mol. The van der Waals surface area contributed by atoms with Crippen LogP contribution in [0.4, 0.5) is 0 Å². The smallest absolute Gasteiger partial charge is 0.236 e. The summed E-state index contributed by atoms with van der Waals surface area (Å²) in [6, 6.07) is 7.59.